The van der Waals surface area contributed by atoms with Crippen LogP contribution in [-0.2, 0) is 0 Å². The monoisotopic (exact) mass is 344 g/mol. The summed E-state index contributed by atoms with van der Waals surface area (Å²) in [6, 6.07) is 10.5. The summed E-state index contributed by atoms with van der Waals surface area (Å²) in [5.74, 6) is 1.00. The topological polar surface area (TPSA) is 111 Å². The minimum atomic E-state index is -0.425. The van der Waals surface area contributed by atoms with Crippen LogP contribution >= 0.6 is 0 Å². The molecule has 4 aromatic rings. The number of hydrogen-bond donors (Lipinski definition) is 1. The minimum absolute atomic E-state index is 0.170. The van der Waals surface area contributed by atoms with Gasteiger partial charge in [-0.15, -0.1) is 5.10 Å². The summed E-state index contributed by atoms with van der Waals surface area (Å²) in [4.78, 5) is 29.4. The van der Waals surface area contributed by atoms with Gasteiger partial charge in [-0.3, -0.25) is 14.3 Å². The second-order valence-corrected chi connectivity index (χ2v) is 5.14. The molecule has 0 saturated carbocycles. The molecule has 0 aliphatic heterocycles. The lowest BCUT2D eigenvalue weighted by Gasteiger charge is -2.07. The van der Waals surface area contributed by atoms with Crippen molar-refractivity contribution in [2.24, 2.45) is 0 Å². The van der Waals surface area contributed by atoms with Crippen molar-refractivity contribution in [1.82, 2.24) is 34.7 Å². The van der Waals surface area contributed by atoms with Crippen LogP contribution in [0.15, 0.2) is 67.4 Å². The molecule has 26 heavy (non-hydrogen) atoms. The Bertz CT molecular complexity index is 1030. The molecule has 0 aromatic carbocycles. The number of carbonyl (C=O) groups excluding carboxylic acids is 1. The van der Waals surface area contributed by atoms with Crippen molar-refractivity contribution in [2.45, 2.75) is 0 Å². The maximum absolute atomic E-state index is 12.6. The summed E-state index contributed by atoms with van der Waals surface area (Å²) in [7, 11) is 0. The Labute approximate surface area is 147 Å². The standard InChI is InChI=1S/C17H12N8O/c26-17(16-20-10-11-25(16)14-5-3-8-21-24-14)23-13-6-9-19-15(22-13)12-4-1-2-7-18-12/h1-11H,(H,19,22,23,26). The van der Waals surface area contributed by atoms with E-state index in [9.17, 15) is 4.79 Å². The van der Waals surface area contributed by atoms with Crippen LogP contribution in [0.5, 0.6) is 0 Å². The molecule has 126 valence electrons. The SMILES string of the molecule is O=C(Nc1ccnc(-c2ccccn2)n1)c1nccn1-c1cccnn1. The van der Waals surface area contributed by atoms with Gasteiger partial charge in [-0.05, 0) is 30.3 Å². The van der Waals surface area contributed by atoms with Gasteiger partial charge in [0.25, 0.3) is 5.91 Å². The highest BCUT2D eigenvalue weighted by Gasteiger charge is 2.16. The first-order valence-corrected chi connectivity index (χ1v) is 7.68. The number of rotatable bonds is 4. The highest BCUT2D eigenvalue weighted by molar-refractivity contribution is 6.01. The van der Waals surface area contributed by atoms with E-state index in [4.69, 9.17) is 0 Å². The average Bonchev–Trinajstić information content (AvgIpc) is 3.20. The molecule has 0 bridgehead atoms. The lowest BCUT2D eigenvalue weighted by atomic mass is 10.3. The van der Waals surface area contributed by atoms with Crippen molar-refractivity contribution in [1.29, 1.82) is 0 Å². The van der Waals surface area contributed by atoms with Gasteiger partial charge in [0.05, 0.1) is 0 Å². The van der Waals surface area contributed by atoms with Crippen LogP contribution in [0.3, 0.4) is 0 Å². The molecule has 4 heterocycles. The lowest BCUT2D eigenvalue weighted by Crippen LogP contribution is -2.19. The number of nitrogens with one attached hydrogen (secondary N) is 1. The normalized spacial score (nSPS) is 10.5. The zero-order valence-electron chi connectivity index (χ0n) is 13.4. The summed E-state index contributed by atoms with van der Waals surface area (Å²) in [5.41, 5.74) is 0.615. The molecule has 0 spiro atoms. The average molecular weight is 344 g/mol. The molecule has 0 aliphatic rings. The van der Waals surface area contributed by atoms with Gasteiger partial charge in [0.15, 0.2) is 11.6 Å². The maximum atomic E-state index is 12.6. The van der Waals surface area contributed by atoms with Gasteiger partial charge in [0.1, 0.15) is 11.5 Å². The first-order chi connectivity index (χ1) is 12.8. The van der Waals surface area contributed by atoms with E-state index >= 15 is 0 Å². The van der Waals surface area contributed by atoms with Gasteiger partial charge < -0.3 is 5.32 Å². The fourth-order valence-electron chi connectivity index (χ4n) is 2.30. The third-order valence-electron chi connectivity index (χ3n) is 3.44. The van der Waals surface area contributed by atoms with Crippen LogP contribution in [0, 0.1) is 0 Å². The molecule has 0 unspecified atom stereocenters. The van der Waals surface area contributed by atoms with Gasteiger partial charge in [-0.1, -0.05) is 6.07 Å². The van der Waals surface area contributed by atoms with Gasteiger partial charge >= 0.3 is 0 Å². The van der Waals surface area contributed by atoms with Crippen LogP contribution in [-0.4, -0.2) is 40.6 Å². The molecule has 0 fully saturated rings. The third kappa shape index (κ3) is 3.13. The van der Waals surface area contributed by atoms with E-state index in [-0.39, 0.29) is 5.82 Å². The third-order valence-corrected chi connectivity index (χ3v) is 3.44. The van der Waals surface area contributed by atoms with Crippen LogP contribution in [0.2, 0.25) is 0 Å². The van der Waals surface area contributed by atoms with E-state index in [1.54, 1.807) is 59.7 Å². The van der Waals surface area contributed by atoms with Crippen LogP contribution in [0.4, 0.5) is 5.82 Å². The van der Waals surface area contributed by atoms with E-state index in [1.807, 2.05) is 6.07 Å². The molecule has 0 atom stereocenters. The molecule has 0 saturated heterocycles. The van der Waals surface area contributed by atoms with Gasteiger partial charge in [-0.25, -0.2) is 15.0 Å². The predicted molar refractivity (Wildman–Crippen MR) is 92.4 cm³/mol. The molecule has 4 rings (SSSR count). The number of carbonyl (C=O) groups is 1. The smallest absolute Gasteiger partial charge is 0.293 e. The van der Waals surface area contributed by atoms with Crippen LogP contribution in [0.25, 0.3) is 17.3 Å². The molecular formula is C17H12N8O. The zero-order chi connectivity index (χ0) is 17.8. The van der Waals surface area contributed by atoms with Crippen molar-refractivity contribution in [3.05, 3.63) is 73.2 Å². The Morgan fingerprint density at radius 1 is 0.923 bits per heavy atom. The van der Waals surface area contributed by atoms with Crippen molar-refractivity contribution in [2.75, 3.05) is 5.32 Å². The van der Waals surface area contributed by atoms with E-state index < -0.39 is 5.91 Å². The summed E-state index contributed by atoms with van der Waals surface area (Å²) in [6.07, 6.45) is 7.92. The summed E-state index contributed by atoms with van der Waals surface area (Å²) in [5, 5.41) is 10.5. The Kier molecular flexibility index (Phi) is 4.09. The van der Waals surface area contributed by atoms with Crippen molar-refractivity contribution in [3.8, 4) is 17.3 Å². The van der Waals surface area contributed by atoms with Gasteiger partial charge in [-0.2, -0.15) is 5.10 Å². The highest BCUT2D eigenvalue weighted by Crippen LogP contribution is 2.14. The second-order valence-electron chi connectivity index (χ2n) is 5.14. The first kappa shape index (κ1) is 15.5. The van der Waals surface area contributed by atoms with E-state index in [0.29, 0.717) is 23.2 Å². The fourth-order valence-corrected chi connectivity index (χ4v) is 2.30. The van der Waals surface area contributed by atoms with Crippen molar-refractivity contribution in [3.63, 3.8) is 0 Å². The molecule has 9 nitrogen and oxygen atoms in total. The zero-order valence-corrected chi connectivity index (χ0v) is 13.4. The molecular weight excluding hydrogens is 332 g/mol. The minimum Gasteiger partial charge on any atom is -0.304 e. The molecule has 1 amide bonds. The van der Waals surface area contributed by atoms with Gasteiger partial charge in [0, 0.05) is 31.0 Å². The largest absolute Gasteiger partial charge is 0.304 e. The van der Waals surface area contributed by atoms with E-state index in [2.05, 4.69) is 35.5 Å². The number of pyridine rings is 1. The number of aromatic nitrogens is 7. The lowest BCUT2D eigenvalue weighted by molar-refractivity contribution is 0.101. The van der Waals surface area contributed by atoms with E-state index in [0.717, 1.165) is 0 Å². The Morgan fingerprint density at radius 3 is 2.69 bits per heavy atom. The highest BCUT2D eigenvalue weighted by atomic mass is 16.2. The Morgan fingerprint density at radius 2 is 1.88 bits per heavy atom. The Balaban J connectivity index is 1.60. The first-order valence-electron chi connectivity index (χ1n) is 7.68. The molecule has 9 heteroatoms. The molecule has 0 radical (unpaired) electrons. The number of anilines is 1. The number of hydrogen-bond acceptors (Lipinski definition) is 7. The maximum Gasteiger partial charge on any atom is 0.293 e. The Hall–Kier alpha value is -4.01. The number of amides is 1. The molecule has 0 aliphatic carbocycles. The summed E-state index contributed by atoms with van der Waals surface area (Å²) >= 11 is 0. The van der Waals surface area contributed by atoms with Crippen molar-refractivity contribution < 1.29 is 4.79 Å². The van der Waals surface area contributed by atoms with Gasteiger partial charge in [0.2, 0.25) is 5.82 Å². The second kappa shape index (κ2) is 6.85. The van der Waals surface area contributed by atoms with Crippen LogP contribution < -0.4 is 5.32 Å². The van der Waals surface area contributed by atoms with E-state index in [1.165, 1.54) is 6.20 Å². The number of nitrogens with zero attached hydrogens (tertiary/aromatic N) is 7. The molecule has 4 aromatic heterocycles. The fraction of sp³-hybridized carbons (Fsp3) is 0. The number of imidazole rings is 1. The van der Waals surface area contributed by atoms with Crippen molar-refractivity contribution >= 4 is 11.7 Å². The predicted octanol–water partition coefficient (Wildman–Crippen LogP) is 1.77. The quantitative estimate of drug-likeness (QED) is 0.600. The summed E-state index contributed by atoms with van der Waals surface area (Å²) in [6.45, 7) is 0. The van der Waals surface area contributed by atoms with Crippen LogP contribution in [0.1, 0.15) is 10.6 Å². The molecule has 1 N–H and O–H groups in total. The summed E-state index contributed by atoms with van der Waals surface area (Å²) < 4.78 is 1.54.